The van der Waals surface area contributed by atoms with Gasteiger partial charge in [0.1, 0.15) is 18.4 Å². The molecule has 1 aromatic carbocycles. The van der Waals surface area contributed by atoms with Crippen molar-refractivity contribution < 1.29 is 29.0 Å². The molecule has 1 saturated heterocycles. The third-order valence-corrected chi connectivity index (χ3v) is 4.17. The molecule has 8 heteroatoms. The van der Waals surface area contributed by atoms with Crippen LogP contribution in [0, 0.1) is 5.41 Å². The summed E-state index contributed by atoms with van der Waals surface area (Å²) in [4.78, 5) is 37.8. The topological polar surface area (TPSA) is 119 Å². The monoisotopic (exact) mass is 364 g/mol. The number of benzene rings is 1. The van der Waals surface area contributed by atoms with Crippen LogP contribution in [-0.4, -0.2) is 46.3 Å². The van der Waals surface area contributed by atoms with Crippen molar-refractivity contribution in [1.82, 2.24) is 4.90 Å². The number of hydrogen-bond donors (Lipinski definition) is 2. The van der Waals surface area contributed by atoms with Gasteiger partial charge in [0.25, 0.3) is 0 Å². The van der Waals surface area contributed by atoms with Crippen LogP contribution < -0.4 is 5.73 Å². The molecule has 0 unspecified atom stereocenters. The summed E-state index contributed by atoms with van der Waals surface area (Å²) >= 11 is 0. The summed E-state index contributed by atoms with van der Waals surface area (Å²) in [5, 5.41) is 9.65. The van der Waals surface area contributed by atoms with E-state index in [0.717, 1.165) is 10.5 Å². The van der Waals surface area contributed by atoms with Crippen molar-refractivity contribution in [2.24, 2.45) is 11.1 Å². The molecule has 8 nitrogen and oxygen atoms in total. The zero-order valence-corrected chi connectivity index (χ0v) is 15.1. The van der Waals surface area contributed by atoms with Crippen molar-refractivity contribution in [3.8, 4) is 0 Å². The van der Waals surface area contributed by atoms with Crippen LogP contribution in [0.5, 0.6) is 0 Å². The molecule has 142 valence electrons. The van der Waals surface area contributed by atoms with Gasteiger partial charge in [-0.05, 0) is 32.8 Å². The first kappa shape index (κ1) is 19.7. The van der Waals surface area contributed by atoms with Gasteiger partial charge in [-0.1, -0.05) is 30.3 Å². The number of carbonyl (C=O) groups is 3. The van der Waals surface area contributed by atoms with E-state index in [1.54, 1.807) is 32.9 Å². The lowest BCUT2D eigenvalue weighted by Gasteiger charge is -2.32. The molecule has 1 aliphatic heterocycles. The fraction of sp³-hybridized carbons (Fsp3) is 0.500. The highest BCUT2D eigenvalue weighted by Crippen LogP contribution is 2.37. The number of hydrogen-bond acceptors (Lipinski definition) is 6. The van der Waals surface area contributed by atoms with Crippen LogP contribution in [0.2, 0.25) is 0 Å². The molecule has 26 heavy (non-hydrogen) atoms. The second kappa shape index (κ2) is 7.33. The molecular formula is C18H24N2O6. The van der Waals surface area contributed by atoms with Crippen LogP contribution in [0.4, 0.5) is 4.79 Å². The minimum absolute atomic E-state index is 0.0136. The van der Waals surface area contributed by atoms with Crippen LogP contribution >= 0.6 is 0 Å². The van der Waals surface area contributed by atoms with E-state index in [9.17, 15) is 19.5 Å². The van der Waals surface area contributed by atoms with Crippen LogP contribution in [-0.2, 0) is 25.7 Å². The van der Waals surface area contributed by atoms with Gasteiger partial charge >= 0.3 is 18.0 Å². The summed E-state index contributed by atoms with van der Waals surface area (Å²) in [6, 6.07) is 9.04. The van der Waals surface area contributed by atoms with Gasteiger partial charge < -0.3 is 20.3 Å². The highest BCUT2D eigenvalue weighted by atomic mass is 16.6. The van der Waals surface area contributed by atoms with Gasteiger partial charge in [-0.15, -0.1) is 0 Å². The molecule has 3 N–H and O–H groups in total. The normalized spacial score (nSPS) is 22.8. The fourth-order valence-electron chi connectivity index (χ4n) is 2.77. The minimum atomic E-state index is -2.01. The Morgan fingerprint density at radius 2 is 1.88 bits per heavy atom. The Hall–Kier alpha value is -2.61. The second-order valence-electron chi connectivity index (χ2n) is 7.21. The smallest absolute Gasteiger partial charge is 0.411 e. The minimum Gasteiger partial charge on any atom is -0.480 e. The Morgan fingerprint density at radius 3 is 2.42 bits per heavy atom. The quantitative estimate of drug-likeness (QED) is 0.617. The van der Waals surface area contributed by atoms with E-state index in [1.165, 1.54) is 0 Å². The van der Waals surface area contributed by atoms with Crippen LogP contribution in [0.3, 0.4) is 0 Å². The lowest BCUT2D eigenvalue weighted by Crippen LogP contribution is -2.57. The Kier molecular flexibility index (Phi) is 5.56. The average molecular weight is 364 g/mol. The first-order valence-electron chi connectivity index (χ1n) is 8.27. The third-order valence-electron chi connectivity index (χ3n) is 4.17. The summed E-state index contributed by atoms with van der Waals surface area (Å²) in [5.74, 6) is -2.37. The highest BCUT2D eigenvalue weighted by Gasteiger charge is 2.60. The lowest BCUT2D eigenvalue weighted by atomic mass is 9.84. The molecule has 2 atom stereocenters. The molecule has 0 bridgehead atoms. The Balaban J connectivity index is 2.12. The number of likely N-dealkylation sites (tertiary alicyclic amines) is 1. The number of rotatable bonds is 4. The van der Waals surface area contributed by atoms with Crippen molar-refractivity contribution >= 4 is 18.0 Å². The summed E-state index contributed by atoms with van der Waals surface area (Å²) in [6.07, 6.45) is -2.29. The van der Waals surface area contributed by atoms with E-state index in [4.69, 9.17) is 15.2 Å². The molecule has 1 amide bonds. The largest absolute Gasteiger partial charge is 0.480 e. The molecule has 1 heterocycles. The van der Waals surface area contributed by atoms with Gasteiger partial charge in [-0.25, -0.2) is 4.79 Å². The fourth-order valence-corrected chi connectivity index (χ4v) is 2.77. The second-order valence-corrected chi connectivity index (χ2v) is 7.21. The molecule has 0 spiro atoms. The number of amides is 1. The molecular weight excluding hydrogens is 340 g/mol. The summed E-state index contributed by atoms with van der Waals surface area (Å²) in [5.41, 5.74) is 3.89. The number of carboxylic acid groups (broad SMARTS) is 1. The maximum Gasteiger partial charge on any atom is 0.411 e. The number of nitrogens with zero attached hydrogens (tertiary/aromatic N) is 1. The summed E-state index contributed by atoms with van der Waals surface area (Å²) < 4.78 is 10.4. The predicted octanol–water partition coefficient (Wildman–Crippen LogP) is 1.73. The molecule has 0 saturated carbocycles. The first-order chi connectivity index (χ1) is 12.1. The van der Waals surface area contributed by atoms with Crippen molar-refractivity contribution in [3.05, 3.63) is 35.9 Å². The average Bonchev–Trinajstić information content (AvgIpc) is 2.90. The van der Waals surface area contributed by atoms with E-state index >= 15 is 0 Å². The van der Waals surface area contributed by atoms with E-state index in [1.807, 2.05) is 18.2 Å². The van der Waals surface area contributed by atoms with Crippen molar-refractivity contribution in [3.63, 3.8) is 0 Å². The molecule has 1 aromatic rings. The highest BCUT2D eigenvalue weighted by molar-refractivity contribution is 6.01. The number of nitrogens with two attached hydrogens (primary N) is 1. The number of ether oxygens (including phenoxy) is 2. The van der Waals surface area contributed by atoms with E-state index in [0.29, 0.717) is 0 Å². The molecule has 0 aliphatic carbocycles. The number of aliphatic carboxylic acids is 1. The van der Waals surface area contributed by atoms with Crippen molar-refractivity contribution in [2.45, 2.75) is 45.6 Å². The van der Waals surface area contributed by atoms with Gasteiger partial charge in [-0.3, -0.25) is 14.5 Å². The van der Waals surface area contributed by atoms with E-state index in [2.05, 4.69) is 0 Å². The lowest BCUT2D eigenvalue weighted by molar-refractivity contribution is -0.178. The van der Waals surface area contributed by atoms with Crippen LogP contribution in [0.1, 0.15) is 32.8 Å². The van der Waals surface area contributed by atoms with Gasteiger partial charge in [-0.2, -0.15) is 0 Å². The Labute approximate surface area is 151 Å². The van der Waals surface area contributed by atoms with Gasteiger partial charge in [0.05, 0.1) is 0 Å². The molecule has 1 fully saturated rings. The van der Waals surface area contributed by atoms with Gasteiger partial charge in [0.2, 0.25) is 0 Å². The van der Waals surface area contributed by atoms with Gasteiger partial charge in [0, 0.05) is 6.54 Å². The Bertz CT molecular complexity index is 685. The summed E-state index contributed by atoms with van der Waals surface area (Å²) in [6.45, 7) is 4.90. The third kappa shape index (κ3) is 3.96. The summed E-state index contributed by atoms with van der Waals surface area (Å²) in [7, 11) is 0. The standard InChI is InChI=1S/C18H24N2O6/c1-17(2,3)26-15(23)18(14(21)22)9-10-20(13(18)19)16(24)25-11-12-7-5-4-6-8-12/h4-8,13H,9-11,19H2,1-3H3,(H,21,22)/t13-,18+/m0/s1. The SMILES string of the molecule is CC(C)(C)OC(=O)[C@]1(C(=O)O)CCN(C(=O)OCc2ccccc2)[C@@H]1N. The molecule has 2 rings (SSSR count). The van der Waals surface area contributed by atoms with Crippen LogP contribution in [0.15, 0.2) is 30.3 Å². The number of carbonyl (C=O) groups excluding carboxylic acids is 2. The number of carboxylic acids is 1. The van der Waals surface area contributed by atoms with Crippen LogP contribution in [0.25, 0.3) is 0 Å². The maximum atomic E-state index is 12.5. The maximum absolute atomic E-state index is 12.5. The first-order valence-corrected chi connectivity index (χ1v) is 8.27. The molecule has 0 aromatic heterocycles. The van der Waals surface area contributed by atoms with Crippen molar-refractivity contribution in [1.29, 1.82) is 0 Å². The van der Waals surface area contributed by atoms with Gasteiger partial charge in [0.15, 0.2) is 5.41 Å². The van der Waals surface area contributed by atoms with E-state index < -0.39 is 35.2 Å². The molecule has 1 aliphatic rings. The van der Waals surface area contributed by atoms with E-state index in [-0.39, 0.29) is 19.6 Å². The van der Waals surface area contributed by atoms with Crippen molar-refractivity contribution in [2.75, 3.05) is 6.54 Å². The Morgan fingerprint density at radius 1 is 1.27 bits per heavy atom. The number of esters is 1. The molecule has 0 radical (unpaired) electrons. The zero-order chi connectivity index (χ0) is 19.5. The zero-order valence-electron chi connectivity index (χ0n) is 15.1. The predicted molar refractivity (Wildman–Crippen MR) is 91.8 cm³/mol.